The number of likely N-dealkylation sites (N-methyl/N-ethyl adjacent to an activating group) is 1. The Morgan fingerprint density at radius 3 is 1.94 bits per heavy atom. The smallest absolute Gasteiger partial charge is 0.268 e. The van der Waals surface area contributed by atoms with Gasteiger partial charge in [0.25, 0.3) is 7.82 Å². The monoisotopic (exact) mass is 461 g/mol. The maximum atomic E-state index is 11.8. The van der Waals surface area contributed by atoms with Gasteiger partial charge in [-0.1, -0.05) is 84.3 Å². The third kappa shape index (κ3) is 21.4. The Balaban J connectivity index is 3.87. The highest BCUT2D eigenvalue weighted by atomic mass is 31.2. The zero-order chi connectivity index (χ0) is 23.9. The molecule has 0 aliphatic carbocycles. The Bertz CT molecular complexity index is 528. The molecule has 0 spiro atoms. The van der Waals surface area contributed by atoms with Gasteiger partial charge < -0.3 is 18.4 Å². The number of hydrogen-bond acceptors (Lipinski definition) is 4. The zero-order valence-corrected chi connectivity index (χ0v) is 22.7. The van der Waals surface area contributed by atoms with Gasteiger partial charge in [0.1, 0.15) is 13.2 Å². The first-order chi connectivity index (χ1) is 14.3. The Hall–Kier alpha value is -0.190. The second-order valence-electron chi connectivity index (χ2n) is 11.0. The SMILES string of the molecule is C/C(=C\COP(=O)([O-])OCC[N+](C)(C)C)CCC[C@H](C)CCC[C@H](C)CCCC(C)C. The van der Waals surface area contributed by atoms with E-state index in [1.165, 1.54) is 50.5 Å². The summed E-state index contributed by atoms with van der Waals surface area (Å²) in [7, 11) is 1.75. The van der Waals surface area contributed by atoms with E-state index in [-0.39, 0.29) is 13.2 Å². The second-order valence-corrected chi connectivity index (χ2v) is 12.4. The van der Waals surface area contributed by atoms with Gasteiger partial charge in [-0.3, -0.25) is 4.57 Å². The van der Waals surface area contributed by atoms with E-state index in [0.717, 1.165) is 30.6 Å². The van der Waals surface area contributed by atoms with Gasteiger partial charge >= 0.3 is 0 Å². The summed E-state index contributed by atoms with van der Waals surface area (Å²) in [5.41, 5.74) is 1.18. The molecule has 0 aromatic carbocycles. The minimum absolute atomic E-state index is 0.0568. The Morgan fingerprint density at radius 2 is 1.42 bits per heavy atom. The van der Waals surface area contributed by atoms with Crippen LogP contribution in [0.1, 0.15) is 92.4 Å². The number of phosphoric ester groups is 1. The van der Waals surface area contributed by atoms with E-state index >= 15 is 0 Å². The first-order valence-corrected chi connectivity index (χ1v) is 13.8. The number of quaternary nitrogens is 1. The predicted octanol–water partition coefficient (Wildman–Crippen LogP) is 6.58. The highest BCUT2D eigenvalue weighted by Gasteiger charge is 2.13. The van der Waals surface area contributed by atoms with Crippen molar-refractivity contribution >= 4 is 7.82 Å². The molecule has 0 N–H and O–H groups in total. The summed E-state index contributed by atoms with van der Waals surface area (Å²) in [4.78, 5) is 11.8. The first-order valence-electron chi connectivity index (χ1n) is 12.4. The van der Waals surface area contributed by atoms with Crippen LogP contribution >= 0.6 is 7.82 Å². The zero-order valence-electron chi connectivity index (χ0n) is 21.8. The molecule has 31 heavy (non-hydrogen) atoms. The fourth-order valence-corrected chi connectivity index (χ4v) is 4.18. The van der Waals surface area contributed by atoms with Crippen LogP contribution in [0.4, 0.5) is 0 Å². The summed E-state index contributed by atoms with van der Waals surface area (Å²) in [5, 5.41) is 0. The average Bonchev–Trinajstić information content (AvgIpc) is 2.59. The predicted molar refractivity (Wildman–Crippen MR) is 131 cm³/mol. The lowest BCUT2D eigenvalue weighted by Gasteiger charge is -2.27. The van der Waals surface area contributed by atoms with E-state index in [1.54, 1.807) is 0 Å². The van der Waals surface area contributed by atoms with Gasteiger partial charge in [-0.25, -0.2) is 0 Å². The topological polar surface area (TPSA) is 58.6 Å². The molecule has 6 heteroatoms. The van der Waals surface area contributed by atoms with E-state index in [4.69, 9.17) is 9.05 Å². The number of hydrogen-bond donors (Lipinski definition) is 0. The van der Waals surface area contributed by atoms with Crippen LogP contribution in [0.15, 0.2) is 11.6 Å². The summed E-state index contributed by atoms with van der Waals surface area (Å²) in [6.45, 7) is 12.2. The average molecular weight is 462 g/mol. The fraction of sp³-hybridized carbons (Fsp3) is 0.920. The van der Waals surface area contributed by atoms with Crippen molar-refractivity contribution in [2.45, 2.75) is 92.4 Å². The molecule has 3 atom stereocenters. The van der Waals surface area contributed by atoms with Gasteiger partial charge in [0, 0.05) is 0 Å². The molecule has 0 fully saturated rings. The van der Waals surface area contributed by atoms with Crippen molar-refractivity contribution in [2.75, 3.05) is 40.9 Å². The molecule has 0 saturated heterocycles. The molecule has 5 nitrogen and oxygen atoms in total. The van der Waals surface area contributed by atoms with E-state index in [0.29, 0.717) is 11.0 Å². The normalized spacial score (nSPS) is 17.0. The molecular weight excluding hydrogens is 409 g/mol. The molecule has 0 aromatic rings. The summed E-state index contributed by atoms with van der Waals surface area (Å²) < 4.78 is 22.3. The minimum atomic E-state index is -4.21. The molecule has 0 aromatic heterocycles. The van der Waals surface area contributed by atoms with Crippen LogP contribution in [0.3, 0.4) is 0 Å². The Labute approximate surface area is 193 Å². The van der Waals surface area contributed by atoms with Gasteiger partial charge in [-0.15, -0.1) is 0 Å². The van der Waals surface area contributed by atoms with Crippen LogP contribution in [0.5, 0.6) is 0 Å². The quantitative estimate of drug-likeness (QED) is 0.124. The minimum Gasteiger partial charge on any atom is -0.756 e. The maximum absolute atomic E-state index is 11.8. The van der Waals surface area contributed by atoms with E-state index in [9.17, 15) is 9.46 Å². The molecular formula is C25H52NO4P. The van der Waals surface area contributed by atoms with Crippen LogP contribution < -0.4 is 4.89 Å². The summed E-state index contributed by atoms with van der Waals surface area (Å²) in [5.74, 6) is 2.43. The lowest BCUT2D eigenvalue weighted by molar-refractivity contribution is -0.870. The van der Waals surface area contributed by atoms with Gasteiger partial charge in [0.15, 0.2) is 0 Å². The largest absolute Gasteiger partial charge is 0.756 e. The summed E-state index contributed by atoms with van der Waals surface area (Å²) in [6, 6.07) is 0. The lowest BCUT2D eigenvalue weighted by Crippen LogP contribution is -2.37. The lowest BCUT2D eigenvalue weighted by atomic mass is 9.91. The number of allylic oxidation sites excluding steroid dienone is 1. The van der Waals surface area contributed by atoms with Crippen LogP contribution in [0.2, 0.25) is 0 Å². The third-order valence-corrected chi connectivity index (χ3v) is 6.78. The summed E-state index contributed by atoms with van der Waals surface area (Å²) in [6.07, 6.45) is 13.3. The summed E-state index contributed by atoms with van der Waals surface area (Å²) >= 11 is 0. The standard InChI is InChI=1S/C25H52NO4P/c1-22(2)12-9-13-23(3)14-10-15-24(4)16-11-17-25(5)18-20-29-31(27,28)30-21-19-26(6,7)8/h18,22-24H,9-17,19-21H2,1-8H3/b25-18+/t23-,24-/m1/s1. The molecule has 0 bridgehead atoms. The van der Waals surface area contributed by atoms with Crippen molar-refractivity contribution in [3.8, 4) is 0 Å². The molecule has 0 aliphatic rings. The van der Waals surface area contributed by atoms with E-state index < -0.39 is 7.82 Å². The second kappa shape index (κ2) is 16.4. The van der Waals surface area contributed by atoms with Gasteiger partial charge in [-0.2, -0.15) is 0 Å². The van der Waals surface area contributed by atoms with Crippen molar-refractivity contribution in [3.05, 3.63) is 11.6 Å². The number of phosphoric acid groups is 1. The van der Waals surface area contributed by atoms with Crippen LogP contribution in [0.25, 0.3) is 0 Å². The van der Waals surface area contributed by atoms with Crippen molar-refractivity contribution in [1.29, 1.82) is 0 Å². The number of nitrogens with zero attached hydrogens (tertiary/aromatic N) is 1. The Kier molecular flexibility index (Phi) is 16.3. The molecule has 0 amide bonds. The van der Waals surface area contributed by atoms with Crippen molar-refractivity contribution in [1.82, 2.24) is 0 Å². The van der Waals surface area contributed by atoms with Crippen LogP contribution in [0, 0.1) is 17.8 Å². The molecule has 0 saturated carbocycles. The highest BCUT2D eigenvalue weighted by Crippen LogP contribution is 2.38. The third-order valence-electron chi connectivity index (χ3n) is 5.82. The number of rotatable bonds is 19. The van der Waals surface area contributed by atoms with E-state index in [2.05, 4.69) is 27.7 Å². The van der Waals surface area contributed by atoms with Crippen molar-refractivity contribution < 1.29 is 23.0 Å². The molecule has 0 aliphatic heterocycles. The first kappa shape index (κ1) is 30.8. The Morgan fingerprint density at radius 1 is 0.903 bits per heavy atom. The maximum Gasteiger partial charge on any atom is 0.268 e. The van der Waals surface area contributed by atoms with Crippen LogP contribution in [-0.4, -0.2) is 45.4 Å². The van der Waals surface area contributed by atoms with E-state index in [1.807, 2.05) is 34.1 Å². The van der Waals surface area contributed by atoms with Gasteiger partial charge in [0.2, 0.25) is 0 Å². The van der Waals surface area contributed by atoms with Crippen LogP contribution in [-0.2, 0) is 13.6 Å². The van der Waals surface area contributed by atoms with Gasteiger partial charge in [-0.05, 0) is 37.5 Å². The molecule has 0 radical (unpaired) electrons. The van der Waals surface area contributed by atoms with Crippen molar-refractivity contribution in [2.24, 2.45) is 17.8 Å². The molecule has 186 valence electrons. The molecule has 0 rings (SSSR count). The highest BCUT2D eigenvalue weighted by molar-refractivity contribution is 7.45. The molecule has 1 unspecified atom stereocenters. The van der Waals surface area contributed by atoms with Crippen molar-refractivity contribution in [3.63, 3.8) is 0 Å². The fourth-order valence-electron chi connectivity index (χ4n) is 3.54. The van der Waals surface area contributed by atoms with Gasteiger partial charge in [0.05, 0.1) is 27.7 Å². The molecule has 0 heterocycles.